The molecule has 0 aromatic carbocycles. The van der Waals surface area contributed by atoms with E-state index in [1.165, 1.54) is 6.42 Å². The minimum Gasteiger partial charge on any atom is -0.327 e. The lowest BCUT2D eigenvalue weighted by Gasteiger charge is -2.26. The van der Waals surface area contributed by atoms with Crippen LogP contribution in [0.15, 0.2) is 18.2 Å². The van der Waals surface area contributed by atoms with Gasteiger partial charge >= 0.3 is 0 Å². The molecule has 1 amide bonds. The van der Waals surface area contributed by atoms with Gasteiger partial charge < -0.3 is 11.1 Å². The average Bonchev–Trinajstić information content (AvgIpc) is 2.89. The van der Waals surface area contributed by atoms with Gasteiger partial charge in [0.25, 0.3) is 0 Å². The van der Waals surface area contributed by atoms with Crippen molar-refractivity contribution in [3.05, 3.63) is 23.4 Å². The van der Waals surface area contributed by atoms with Crippen molar-refractivity contribution in [3.8, 4) is 0 Å². The molecule has 2 saturated carbocycles. The second-order valence-electron chi connectivity index (χ2n) is 5.27. The molecule has 3 N–H and O–H groups in total. The highest BCUT2D eigenvalue weighted by Crippen LogP contribution is 2.47. The number of carbonyl (C=O) groups is 1. The van der Waals surface area contributed by atoms with Gasteiger partial charge in [0.05, 0.1) is 5.92 Å². The summed E-state index contributed by atoms with van der Waals surface area (Å²) >= 11 is 5.79. The number of nitrogens with one attached hydrogen (secondary N) is 1. The Bertz CT molecular complexity index is 477. The van der Waals surface area contributed by atoms with Crippen LogP contribution in [0.5, 0.6) is 0 Å². The SMILES string of the molecule is NC1C2CCC(C2)C1C(=O)Nc1cccc(Cl)n1. The minimum atomic E-state index is -0.0652. The number of anilines is 1. The predicted molar refractivity (Wildman–Crippen MR) is 70.2 cm³/mol. The molecule has 0 saturated heterocycles. The van der Waals surface area contributed by atoms with E-state index in [0.717, 1.165) is 12.8 Å². The summed E-state index contributed by atoms with van der Waals surface area (Å²) in [6, 6.07) is 5.19. The van der Waals surface area contributed by atoms with Crippen molar-refractivity contribution >= 4 is 23.3 Å². The summed E-state index contributed by atoms with van der Waals surface area (Å²) in [5.74, 6) is 1.40. The van der Waals surface area contributed by atoms with E-state index in [-0.39, 0.29) is 17.9 Å². The highest BCUT2D eigenvalue weighted by molar-refractivity contribution is 6.29. The van der Waals surface area contributed by atoms with Crippen LogP contribution >= 0.6 is 11.6 Å². The van der Waals surface area contributed by atoms with Crippen molar-refractivity contribution in [2.24, 2.45) is 23.5 Å². The van der Waals surface area contributed by atoms with Gasteiger partial charge in [0.2, 0.25) is 5.91 Å². The zero-order valence-corrected chi connectivity index (χ0v) is 10.7. The van der Waals surface area contributed by atoms with Gasteiger partial charge in [-0.1, -0.05) is 17.7 Å². The number of hydrogen-bond acceptors (Lipinski definition) is 3. The van der Waals surface area contributed by atoms with Crippen LogP contribution in [0.4, 0.5) is 5.82 Å². The maximum absolute atomic E-state index is 12.3. The maximum Gasteiger partial charge on any atom is 0.230 e. The van der Waals surface area contributed by atoms with Crippen LogP contribution in [0.25, 0.3) is 0 Å². The number of amides is 1. The highest BCUT2D eigenvalue weighted by atomic mass is 35.5. The number of nitrogens with two attached hydrogens (primary N) is 1. The first kappa shape index (κ1) is 11.9. The molecular formula is C13H16ClN3O. The molecule has 2 bridgehead atoms. The van der Waals surface area contributed by atoms with Crippen LogP contribution in [0.3, 0.4) is 0 Å². The van der Waals surface area contributed by atoms with E-state index < -0.39 is 0 Å². The van der Waals surface area contributed by atoms with Gasteiger partial charge in [0.15, 0.2) is 0 Å². The van der Waals surface area contributed by atoms with Crippen LogP contribution in [0.1, 0.15) is 19.3 Å². The Morgan fingerprint density at radius 1 is 1.39 bits per heavy atom. The third-order valence-electron chi connectivity index (χ3n) is 4.25. The molecule has 1 aromatic heterocycles. The van der Waals surface area contributed by atoms with Crippen LogP contribution in [-0.2, 0) is 4.79 Å². The smallest absolute Gasteiger partial charge is 0.230 e. The number of aromatic nitrogens is 1. The van der Waals surface area contributed by atoms with E-state index >= 15 is 0 Å². The fraction of sp³-hybridized carbons (Fsp3) is 0.538. The van der Waals surface area contributed by atoms with E-state index in [0.29, 0.717) is 22.8 Å². The molecule has 2 fully saturated rings. The topological polar surface area (TPSA) is 68.0 Å². The summed E-state index contributed by atoms with van der Waals surface area (Å²) in [5, 5.41) is 3.21. The molecule has 4 unspecified atom stereocenters. The van der Waals surface area contributed by atoms with Gasteiger partial charge in [0, 0.05) is 6.04 Å². The second-order valence-corrected chi connectivity index (χ2v) is 5.66. The Hall–Kier alpha value is -1.13. The van der Waals surface area contributed by atoms with Crippen LogP contribution < -0.4 is 11.1 Å². The van der Waals surface area contributed by atoms with Gasteiger partial charge in [-0.05, 0) is 43.2 Å². The Morgan fingerprint density at radius 2 is 2.17 bits per heavy atom. The van der Waals surface area contributed by atoms with Gasteiger partial charge in [-0.15, -0.1) is 0 Å². The summed E-state index contributed by atoms with van der Waals surface area (Å²) in [7, 11) is 0. The molecule has 18 heavy (non-hydrogen) atoms. The number of halogens is 1. The molecule has 5 heteroatoms. The summed E-state index contributed by atoms with van der Waals surface area (Å²) in [6.07, 6.45) is 3.40. The summed E-state index contributed by atoms with van der Waals surface area (Å²) in [4.78, 5) is 16.3. The normalized spacial score (nSPS) is 33.7. The van der Waals surface area contributed by atoms with E-state index in [9.17, 15) is 4.79 Å². The molecule has 3 rings (SSSR count). The predicted octanol–water partition coefficient (Wildman–Crippen LogP) is 2.05. The van der Waals surface area contributed by atoms with E-state index in [2.05, 4.69) is 10.3 Å². The van der Waals surface area contributed by atoms with Crippen LogP contribution in [-0.4, -0.2) is 16.9 Å². The summed E-state index contributed by atoms with van der Waals surface area (Å²) < 4.78 is 0. The van der Waals surface area contributed by atoms with Crippen molar-refractivity contribution in [2.45, 2.75) is 25.3 Å². The average molecular weight is 266 g/mol. The fourth-order valence-electron chi connectivity index (χ4n) is 3.41. The van der Waals surface area contributed by atoms with Gasteiger partial charge in [-0.25, -0.2) is 4.98 Å². The third-order valence-corrected chi connectivity index (χ3v) is 4.46. The largest absolute Gasteiger partial charge is 0.327 e. The lowest BCUT2D eigenvalue weighted by molar-refractivity contribution is -0.121. The Balaban J connectivity index is 1.72. The number of carbonyl (C=O) groups excluding carboxylic acids is 1. The molecule has 1 aromatic rings. The molecule has 96 valence electrons. The molecule has 2 aliphatic carbocycles. The molecule has 4 nitrogen and oxygen atoms in total. The Kier molecular flexibility index (Phi) is 2.99. The van der Waals surface area contributed by atoms with E-state index in [4.69, 9.17) is 17.3 Å². The lowest BCUT2D eigenvalue weighted by Crippen LogP contribution is -2.42. The molecule has 1 heterocycles. The summed E-state index contributed by atoms with van der Waals surface area (Å²) in [6.45, 7) is 0. The molecule has 0 radical (unpaired) electrons. The van der Waals surface area contributed by atoms with Gasteiger partial charge in [0.1, 0.15) is 11.0 Å². The lowest BCUT2D eigenvalue weighted by atomic mass is 9.84. The Morgan fingerprint density at radius 3 is 2.83 bits per heavy atom. The molecule has 4 atom stereocenters. The van der Waals surface area contributed by atoms with Gasteiger partial charge in [-0.3, -0.25) is 4.79 Å². The third kappa shape index (κ3) is 1.99. The van der Waals surface area contributed by atoms with Crippen LogP contribution in [0, 0.1) is 17.8 Å². The molecule has 0 aliphatic heterocycles. The van der Waals surface area contributed by atoms with Crippen molar-refractivity contribution < 1.29 is 4.79 Å². The highest BCUT2D eigenvalue weighted by Gasteiger charge is 2.49. The van der Waals surface area contributed by atoms with Crippen molar-refractivity contribution in [1.82, 2.24) is 4.98 Å². The maximum atomic E-state index is 12.3. The standard InChI is InChI=1S/C13H16ClN3O/c14-9-2-1-3-10(16-9)17-13(18)11-7-4-5-8(6-7)12(11)15/h1-3,7-8,11-12H,4-6,15H2,(H,16,17,18). The first-order valence-corrected chi connectivity index (χ1v) is 6.72. The van der Waals surface area contributed by atoms with Crippen molar-refractivity contribution in [3.63, 3.8) is 0 Å². The van der Waals surface area contributed by atoms with Crippen molar-refractivity contribution in [2.75, 3.05) is 5.32 Å². The van der Waals surface area contributed by atoms with Gasteiger partial charge in [-0.2, -0.15) is 0 Å². The quantitative estimate of drug-likeness (QED) is 0.804. The number of pyridine rings is 1. The number of fused-ring (bicyclic) bond motifs is 2. The first-order chi connectivity index (χ1) is 8.65. The fourth-order valence-corrected chi connectivity index (χ4v) is 3.58. The molecule has 2 aliphatic rings. The molecule has 0 spiro atoms. The Labute approximate surface area is 111 Å². The van der Waals surface area contributed by atoms with Crippen LogP contribution in [0.2, 0.25) is 5.15 Å². The number of hydrogen-bond donors (Lipinski definition) is 2. The van der Waals surface area contributed by atoms with E-state index in [1.807, 2.05) is 0 Å². The van der Waals surface area contributed by atoms with E-state index in [1.54, 1.807) is 18.2 Å². The number of rotatable bonds is 2. The minimum absolute atomic E-state index is 0.00272. The zero-order valence-electron chi connectivity index (χ0n) is 9.97. The first-order valence-electron chi connectivity index (χ1n) is 6.34. The summed E-state index contributed by atoms with van der Waals surface area (Å²) in [5.41, 5.74) is 6.14. The second kappa shape index (κ2) is 4.52. The number of nitrogens with zero attached hydrogens (tertiary/aromatic N) is 1. The molecular weight excluding hydrogens is 250 g/mol. The van der Waals surface area contributed by atoms with Crippen molar-refractivity contribution in [1.29, 1.82) is 0 Å². The zero-order chi connectivity index (χ0) is 12.7. The monoisotopic (exact) mass is 265 g/mol.